The normalized spacial score (nSPS) is 11.2. The summed E-state index contributed by atoms with van der Waals surface area (Å²) in [7, 11) is 0. The lowest BCUT2D eigenvalue weighted by atomic mass is 10.1. The second-order valence-electron chi connectivity index (χ2n) is 4.61. The van der Waals surface area contributed by atoms with Crippen LogP contribution in [0, 0.1) is 11.6 Å². The number of hydrogen-bond donors (Lipinski definition) is 2. The van der Waals surface area contributed by atoms with Gasteiger partial charge < -0.3 is 15.0 Å². The quantitative estimate of drug-likeness (QED) is 0.712. The molecule has 120 valence electrons. The van der Waals surface area contributed by atoms with Gasteiger partial charge in [-0.15, -0.1) is 0 Å². The Labute approximate surface area is 138 Å². The Morgan fingerprint density at radius 2 is 2.13 bits per heavy atom. The summed E-state index contributed by atoms with van der Waals surface area (Å²) >= 11 is 12.0. The third-order valence-electron chi connectivity index (χ3n) is 3.17. The van der Waals surface area contributed by atoms with Crippen molar-refractivity contribution < 1.29 is 18.3 Å². The van der Waals surface area contributed by atoms with Gasteiger partial charge in [-0.2, -0.15) is 0 Å². The van der Waals surface area contributed by atoms with E-state index in [0.717, 1.165) is 6.07 Å². The van der Waals surface area contributed by atoms with Gasteiger partial charge in [0.2, 0.25) is 0 Å². The summed E-state index contributed by atoms with van der Waals surface area (Å²) in [6.07, 6.45) is 0.482. The number of amides is 1. The van der Waals surface area contributed by atoms with E-state index in [9.17, 15) is 13.6 Å². The van der Waals surface area contributed by atoms with Crippen LogP contribution in [0.2, 0.25) is 10.0 Å². The highest BCUT2D eigenvalue weighted by molar-refractivity contribution is 6.46. The number of halogens is 4. The van der Waals surface area contributed by atoms with Gasteiger partial charge in [0.25, 0.3) is 0 Å². The van der Waals surface area contributed by atoms with E-state index in [4.69, 9.17) is 27.9 Å². The largest absolute Gasteiger partial charge is 0.412 e. The zero-order chi connectivity index (χ0) is 16.7. The third kappa shape index (κ3) is 2.55. The van der Waals surface area contributed by atoms with Crippen LogP contribution in [0.1, 0.15) is 6.92 Å². The van der Waals surface area contributed by atoms with Crippen LogP contribution in [-0.4, -0.2) is 22.6 Å². The van der Waals surface area contributed by atoms with Crippen LogP contribution >= 0.6 is 23.2 Å². The van der Waals surface area contributed by atoms with E-state index >= 15 is 0 Å². The molecule has 1 aromatic carbocycles. The van der Waals surface area contributed by atoms with Gasteiger partial charge >= 0.3 is 6.09 Å². The van der Waals surface area contributed by atoms with Gasteiger partial charge in [0.15, 0.2) is 17.4 Å². The monoisotopic (exact) mass is 359 g/mol. The van der Waals surface area contributed by atoms with E-state index in [-0.39, 0.29) is 37.7 Å². The van der Waals surface area contributed by atoms with Crippen molar-refractivity contribution in [3.05, 3.63) is 33.9 Å². The maximum absolute atomic E-state index is 14.3. The van der Waals surface area contributed by atoms with E-state index in [1.165, 1.54) is 6.20 Å². The molecule has 9 heteroatoms. The Bertz CT molecular complexity index is 943. The summed E-state index contributed by atoms with van der Waals surface area (Å²) in [5.41, 5.74) is 0.251. The fourth-order valence-electron chi connectivity index (χ4n) is 2.23. The number of fused-ring (bicyclic) bond motifs is 3. The first-order valence-electron chi connectivity index (χ1n) is 6.53. The third-order valence-corrected chi connectivity index (χ3v) is 3.95. The maximum atomic E-state index is 14.3. The Balaban J connectivity index is 2.33. The molecule has 5 nitrogen and oxygen atoms in total. The number of aromatic amines is 1. The molecule has 23 heavy (non-hydrogen) atoms. The minimum atomic E-state index is -1.19. The Kier molecular flexibility index (Phi) is 3.99. The van der Waals surface area contributed by atoms with E-state index in [1.54, 1.807) is 6.92 Å². The highest BCUT2D eigenvalue weighted by atomic mass is 35.5. The lowest BCUT2D eigenvalue weighted by Gasteiger charge is -2.07. The molecular weight excluding hydrogens is 351 g/mol. The number of rotatable bonds is 2. The molecule has 3 rings (SSSR count). The molecule has 1 amide bonds. The molecule has 2 N–H and O–H groups in total. The average Bonchev–Trinajstić information content (AvgIpc) is 2.89. The molecule has 3 aromatic rings. The average molecular weight is 360 g/mol. The number of nitrogens with zero attached hydrogens (tertiary/aromatic N) is 1. The van der Waals surface area contributed by atoms with Crippen LogP contribution in [0.4, 0.5) is 13.6 Å². The summed E-state index contributed by atoms with van der Waals surface area (Å²) < 4.78 is 33.2. The number of hydrogen-bond acceptors (Lipinski definition) is 3. The Morgan fingerprint density at radius 1 is 1.39 bits per heavy atom. The van der Waals surface area contributed by atoms with Gasteiger partial charge in [0, 0.05) is 24.2 Å². The standard InChI is InChI=1S/C14H9Cl2F2N3O2/c1-2-19-14(22)23-7-3-6(17)11(18)9-8-10(16)5(15)4-20-13(8)21-12(7)9/h3-4H,2H2,1H3,(H,19,22)(H,20,21). The number of nitrogens with one attached hydrogen (secondary N) is 2. The predicted octanol–water partition coefficient (Wildman–Crippen LogP) is 4.41. The van der Waals surface area contributed by atoms with Gasteiger partial charge in [0.1, 0.15) is 5.65 Å². The molecular formula is C14H9Cl2F2N3O2. The van der Waals surface area contributed by atoms with E-state index in [1.807, 2.05) is 0 Å². The van der Waals surface area contributed by atoms with Gasteiger partial charge in [-0.25, -0.2) is 18.6 Å². The lowest BCUT2D eigenvalue weighted by Crippen LogP contribution is -2.26. The number of benzene rings is 1. The Morgan fingerprint density at radius 3 is 2.83 bits per heavy atom. The fourth-order valence-corrected chi connectivity index (χ4v) is 2.61. The molecule has 0 aliphatic heterocycles. The Hall–Kier alpha value is -2.12. The number of carbonyl (C=O) groups is 1. The van der Waals surface area contributed by atoms with Gasteiger partial charge in [0.05, 0.1) is 20.9 Å². The molecule has 2 heterocycles. The summed E-state index contributed by atoms with van der Waals surface area (Å²) in [6.45, 7) is 2.01. The molecule has 0 saturated carbocycles. The molecule has 0 aliphatic rings. The van der Waals surface area contributed by atoms with Crippen molar-refractivity contribution in [1.82, 2.24) is 15.3 Å². The van der Waals surface area contributed by atoms with Gasteiger partial charge in [-0.05, 0) is 6.92 Å². The summed E-state index contributed by atoms with van der Waals surface area (Å²) in [5, 5.41) is 2.45. The molecule has 0 fully saturated rings. The summed E-state index contributed by atoms with van der Waals surface area (Å²) in [6, 6.07) is 0.776. The van der Waals surface area contributed by atoms with Gasteiger partial charge in [-0.3, -0.25) is 0 Å². The molecule has 0 bridgehead atoms. The molecule has 0 spiro atoms. The second kappa shape index (κ2) is 5.82. The van der Waals surface area contributed by atoms with Crippen LogP contribution in [0.15, 0.2) is 12.3 Å². The van der Waals surface area contributed by atoms with Crippen LogP contribution in [0.3, 0.4) is 0 Å². The van der Waals surface area contributed by atoms with Crippen molar-refractivity contribution in [2.45, 2.75) is 6.92 Å². The number of carbonyl (C=O) groups excluding carboxylic acids is 1. The molecule has 0 unspecified atom stereocenters. The topological polar surface area (TPSA) is 67.0 Å². The van der Waals surface area contributed by atoms with Crippen molar-refractivity contribution in [2.24, 2.45) is 0 Å². The minimum absolute atomic E-state index is 0.0244. The highest BCUT2D eigenvalue weighted by Crippen LogP contribution is 2.39. The second-order valence-corrected chi connectivity index (χ2v) is 5.39. The van der Waals surface area contributed by atoms with Gasteiger partial charge in [-0.1, -0.05) is 23.2 Å². The molecule has 0 aliphatic carbocycles. The van der Waals surface area contributed by atoms with Crippen molar-refractivity contribution >= 4 is 51.2 Å². The van der Waals surface area contributed by atoms with Crippen molar-refractivity contribution in [3.8, 4) is 5.75 Å². The van der Waals surface area contributed by atoms with Crippen molar-refractivity contribution in [2.75, 3.05) is 6.54 Å². The fraction of sp³-hybridized carbons (Fsp3) is 0.143. The van der Waals surface area contributed by atoms with Crippen LogP contribution in [0.25, 0.3) is 21.9 Å². The number of aromatic nitrogens is 2. The number of H-pyrrole nitrogens is 1. The van der Waals surface area contributed by atoms with Crippen LogP contribution in [0.5, 0.6) is 5.75 Å². The van der Waals surface area contributed by atoms with Crippen molar-refractivity contribution in [1.29, 1.82) is 0 Å². The minimum Gasteiger partial charge on any atom is -0.408 e. The summed E-state index contributed by atoms with van der Waals surface area (Å²) in [4.78, 5) is 18.3. The van der Waals surface area contributed by atoms with Crippen molar-refractivity contribution in [3.63, 3.8) is 0 Å². The first-order chi connectivity index (χ1) is 10.9. The van der Waals surface area contributed by atoms with E-state index in [0.29, 0.717) is 6.54 Å². The zero-order valence-electron chi connectivity index (χ0n) is 11.6. The first kappa shape index (κ1) is 15.8. The number of pyridine rings is 1. The van der Waals surface area contributed by atoms with Crippen LogP contribution in [-0.2, 0) is 0 Å². The predicted molar refractivity (Wildman–Crippen MR) is 83.2 cm³/mol. The van der Waals surface area contributed by atoms with Crippen LogP contribution < -0.4 is 10.1 Å². The summed E-state index contributed by atoms with van der Waals surface area (Å²) in [5.74, 6) is -2.51. The number of ether oxygens (including phenoxy) is 1. The smallest absolute Gasteiger partial charge is 0.408 e. The first-order valence-corrected chi connectivity index (χ1v) is 7.28. The molecule has 0 radical (unpaired) electrons. The van der Waals surface area contributed by atoms with E-state index in [2.05, 4.69) is 15.3 Å². The maximum Gasteiger partial charge on any atom is 0.412 e. The lowest BCUT2D eigenvalue weighted by molar-refractivity contribution is 0.201. The molecule has 2 aromatic heterocycles. The van der Waals surface area contributed by atoms with E-state index < -0.39 is 17.7 Å². The molecule has 0 saturated heterocycles. The SMILES string of the molecule is CCNC(=O)Oc1cc(F)c(F)c2c1[nH]c1ncc(Cl)c(Cl)c12. The highest BCUT2D eigenvalue weighted by Gasteiger charge is 2.22. The molecule has 0 atom stereocenters. The zero-order valence-corrected chi connectivity index (χ0v) is 13.1.